The highest BCUT2D eigenvalue weighted by molar-refractivity contribution is 9.10. The van der Waals surface area contributed by atoms with Crippen LogP contribution in [-0.4, -0.2) is 11.5 Å². The van der Waals surface area contributed by atoms with Gasteiger partial charge in [-0.25, -0.2) is 0 Å². The normalized spacial score (nSPS) is 10.2. The van der Waals surface area contributed by atoms with Crippen LogP contribution >= 0.6 is 15.9 Å². The smallest absolute Gasteiger partial charge is 0.285 e. The Hall–Kier alpha value is -1.88. The van der Waals surface area contributed by atoms with Gasteiger partial charge in [-0.1, -0.05) is 30.3 Å². The fraction of sp³-hybridized carbons (Fsp3) is 0.143. The van der Waals surface area contributed by atoms with Gasteiger partial charge >= 0.3 is 0 Å². The van der Waals surface area contributed by atoms with Crippen LogP contribution in [0.25, 0.3) is 0 Å². The number of rotatable bonds is 5. The van der Waals surface area contributed by atoms with Gasteiger partial charge in [-0.3, -0.25) is 10.1 Å². The van der Waals surface area contributed by atoms with Crippen LogP contribution in [0.4, 0.5) is 11.4 Å². The highest BCUT2D eigenvalue weighted by Crippen LogP contribution is 2.27. The highest BCUT2D eigenvalue weighted by Gasteiger charge is 2.11. The Morgan fingerprint density at radius 2 is 1.89 bits per heavy atom. The first kappa shape index (κ1) is 13.5. The topological polar surface area (TPSA) is 55.2 Å². The summed E-state index contributed by atoms with van der Waals surface area (Å²) in [5, 5.41) is 14.0. The second-order valence-electron chi connectivity index (χ2n) is 4.09. The molecule has 0 heterocycles. The number of halogens is 1. The standard InChI is InChI=1S/C14H13BrN2O2/c15-13-7-6-12(10-14(13)17(18)19)16-9-8-11-4-2-1-3-5-11/h1-7,10,16H,8-9H2. The Balaban J connectivity index is 1.97. The molecular formula is C14H13BrN2O2. The quantitative estimate of drug-likeness (QED) is 0.669. The van der Waals surface area contributed by atoms with Gasteiger partial charge in [-0.05, 0) is 40.0 Å². The van der Waals surface area contributed by atoms with E-state index in [4.69, 9.17) is 0 Å². The second-order valence-corrected chi connectivity index (χ2v) is 4.94. The van der Waals surface area contributed by atoms with E-state index in [1.807, 2.05) is 24.3 Å². The van der Waals surface area contributed by atoms with Gasteiger partial charge in [0, 0.05) is 18.3 Å². The lowest BCUT2D eigenvalue weighted by molar-refractivity contribution is -0.385. The summed E-state index contributed by atoms with van der Waals surface area (Å²) < 4.78 is 0.492. The molecule has 2 aromatic rings. The van der Waals surface area contributed by atoms with Crippen molar-refractivity contribution in [3.63, 3.8) is 0 Å². The zero-order valence-corrected chi connectivity index (χ0v) is 11.8. The Morgan fingerprint density at radius 1 is 1.16 bits per heavy atom. The lowest BCUT2D eigenvalue weighted by Gasteiger charge is -2.07. The lowest BCUT2D eigenvalue weighted by atomic mass is 10.1. The molecule has 0 saturated heterocycles. The van der Waals surface area contributed by atoms with Crippen LogP contribution < -0.4 is 5.32 Å². The van der Waals surface area contributed by atoms with E-state index in [-0.39, 0.29) is 5.69 Å². The summed E-state index contributed by atoms with van der Waals surface area (Å²) in [6.07, 6.45) is 0.880. The lowest BCUT2D eigenvalue weighted by Crippen LogP contribution is -2.05. The number of benzene rings is 2. The maximum absolute atomic E-state index is 10.8. The molecule has 1 N–H and O–H groups in total. The molecule has 0 atom stereocenters. The third-order valence-corrected chi connectivity index (χ3v) is 3.40. The van der Waals surface area contributed by atoms with E-state index in [1.54, 1.807) is 6.07 Å². The molecule has 0 spiro atoms. The largest absolute Gasteiger partial charge is 0.385 e. The van der Waals surface area contributed by atoms with Crippen molar-refractivity contribution in [3.05, 3.63) is 68.7 Å². The molecule has 0 aliphatic carbocycles. The van der Waals surface area contributed by atoms with Gasteiger partial charge in [0.15, 0.2) is 0 Å². The number of nitrogens with one attached hydrogen (secondary N) is 1. The Bertz CT molecular complexity index is 573. The summed E-state index contributed by atoms with van der Waals surface area (Å²) in [7, 11) is 0. The van der Waals surface area contributed by atoms with Gasteiger partial charge < -0.3 is 5.32 Å². The summed E-state index contributed by atoms with van der Waals surface area (Å²) in [5.41, 5.74) is 2.07. The summed E-state index contributed by atoms with van der Waals surface area (Å²) in [5.74, 6) is 0. The molecule has 0 radical (unpaired) electrons. The zero-order chi connectivity index (χ0) is 13.7. The summed E-state index contributed by atoms with van der Waals surface area (Å²) in [6, 6.07) is 15.1. The van der Waals surface area contributed by atoms with Crippen molar-refractivity contribution in [2.24, 2.45) is 0 Å². The van der Waals surface area contributed by atoms with Gasteiger partial charge in [-0.2, -0.15) is 0 Å². The van der Waals surface area contributed by atoms with Crippen molar-refractivity contribution in [2.45, 2.75) is 6.42 Å². The van der Waals surface area contributed by atoms with Crippen LogP contribution in [0.1, 0.15) is 5.56 Å². The monoisotopic (exact) mass is 320 g/mol. The van der Waals surface area contributed by atoms with Gasteiger partial charge in [0.1, 0.15) is 0 Å². The van der Waals surface area contributed by atoms with Crippen molar-refractivity contribution in [1.29, 1.82) is 0 Å². The Morgan fingerprint density at radius 3 is 2.58 bits per heavy atom. The fourth-order valence-corrected chi connectivity index (χ4v) is 2.15. The minimum Gasteiger partial charge on any atom is -0.385 e. The number of nitrogens with zero attached hydrogens (tertiary/aromatic N) is 1. The number of hydrogen-bond acceptors (Lipinski definition) is 3. The molecule has 5 heteroatoms. The number of anilines is 1. The highest BCUT2D eigenvalue weighted by atomic mass is 79.9. The summed E-state index contributed by atoms with van der Waals surface area (Å²) in [4.78, 5) is 10.4. The third kappa shape index (κ3) is 3.79. The average Bonchev–Trinajstić information content (AvgIpc) is 2.41. The SMILES string of the molecule is O=[N+]([O-])c1cc(NCCc2ccccc2)ccc1Br. The van der Waals surface area contributed by atoms with Gasteiger partial charge in [0.25, 0.3) is 5.69 Å². The molecular weight excluding hydrogens is 308 g/mol. The van der Waals surface area contributed by atoms with Gasteiger partial charge in [-0.15, -0.1) is 0 Å². The summed E-state index contributed by atoms with van der Waals surface area (Å²) >= 11 is 3.17. The summed E-state index contributed by atoms with van der Waals surface area (Å²) in [6.45, 7) is 0.739. The first-order valence-corrected chi connectivity index (χ1v) is 6.68. The molecule has 0 aliphatic rings. The van der Waals surface area contributed by atoms with E-state index in [9.17, 15) is 10.1 Å². The van der Waals surface area contributed by atoms with Crippen molar-refractivity contribution in [1.82, 2.24) is 0 Å². The Labute approximate surface area is 119 Å². The van der Waals surface area contributed by atoms with Crippen LogP contribution in [0.5, 0.6) is 0 Å². The van der Waals surface area contributed by atoms with E-state index in [0.717, 1.165) is 18.7 Å². The van der Waals surface area contributed by atoms with Gasteiger partial charge in [0.05, 0.1) is 9.40 Å². The third-order valence-electron chi connectivity index (χ3n) is 2.73. The molecule has 0 unspecified atom stereocenters. The maximum Gasteiger partial charge on any atom is 0.285 e. The fourth-order valence-electron chi connectivity index (χ4n) is 1.76. The molecule has 4 nitrogen and oxygen atoms in total. The first-order valence-electron chi connectivity index (χ1n) is 5.88. The predicted molar refractivity (Wildman–Crippen MR) is 79.4 cm³/mol. The van der Waals surface area contributed by atoms with E-state index >= 15 is 0 Å². The average molecular weight is 321 g/mol. The van der Waals surface area contributed by atoms with Crippen LogP contribution in [-0.2, 0) is 6.42 Å². The number of nitro groups is 1. The molecule has 0 aliphatic heterocycles. The molecule has 0 saturated carbocycles. The van der Waals surface area contributed by atoms with Crippen molar-refractivity contribution < 1.29 is 4.92 Å². The van der Waals surface area contributed by atoms with Crippen LogP contribution in [0.2, 0.25) is 0 Å². The van der Waals surface area contributed by atoms with Gasteiger partial charge in [0.2, 0.25) is 0 Å². The molecule has 98 valence electrons. The molecule has 0 bridgehead atoms. The number of nitro benzene ring substituents is 1. The number of hydrogen-bond donors (Lipinski definition) is 1. The Kier molecular flexibility index (Phi) is 4.52. The molecule has 0 aromatic heterocycles. The minimum atomic E-state index is -0.396. The van der Waals surface area contributed by atoms with Crippen molar-refractivity contribution in [2.75, 3.05) is 11.9 Å². The van der Waals surface area contributed by atoms with E-state index in [0.29, 0.717) is 4.47 Å². The van der Waals surface area contributed by atoms with E-state index < -0.39 is 4.92 Å². The second kappa shape index (κ2) is 6.33. The molecule has 2 rings (SSSR count). The minimum absolute atomic E-state index is 0.0738. The molecule has 0 amide bonds. The van der Waals surface area contributed by atoms with E-state index in [2.05, 4.69) is 33.4 Å². The van der Waals surface area contributed by atoms with E-state index in [1.165, 1.54) is 11.6 Å². The molecule has 0 fully saturated rings. The maximum atomic E-state index is 10.8. The molecule has 2 aromatic carbocycles. The van der Waals surface area contributed by atoms with Crippen LogP contribution in [0, 0.1) is 10.1 Å². The van der Waals surface area contributed by atoms with Crippen LogP contribution in [0.15, 0.2) is 53.0 Å². The van der Waals surface area contributed by atoms with Crippen LogP contribution in [0.3, 0.4) is 0 Å². The van der Waals surface area contributed by atoms with Crippen molar-refractivity contribution in [3.8, 4) is 0 Å². The zero-order valence-electron chi connectivity index (χ0n) is 10.2. The van der Waals surface area contributed by atoms with Crippen molar-refractivity contribution >= 4 is 27.3 Å². The first-order chi connectivity index (χ1) is 9.16. The predicted octanol–water partition coefficient (Wildman–Crippen LogP) is 4.01. The molecule has 19 heavy (non-hydrogen) atoms.